The van der Waals surface area contributed by atoms with Crippen LogP contribution in [0.15, 0.2) is 36.4 Å². The second kappa shape index (κ2) is 14.8. The first-order valence-corrected chi connectivity index (χ1v) is 20.8. The van der Waals surface area contributed by atoms with Crippen LogP contribution < -0.4 is 15.4 Å². The Bertz CT molecular complexity index is 1810. The Morgan fingerprint density at radius 2 is 1.74 bits per heavy atom. The maximum Gasteiger partial charge on any atom is 0.410 e. The number of hydrogen-bond acceptors (Lipinski definition) is 10. The Labute approximate surface area is 316 Å². The Morgan fingerprint density at radius 1 is 1.00 bits per heavy atom. The molecule has 0 unspecified atom stereocenters. The summed E-state index contributed by atoms with van der Waals surface area (Å²) in [6.45, 7) is 6.69. The number of benzene rings is 1. The maximum absolute atomic E-state index is 14.7. The number of nitrogens with zero attached hydrogens (tertiary/aromatic N) is 3. The van der Waals surface area contributed by atoms with Gasteiger partial charge in [0.05, 0.1) is 11.8 Å². The molecule has 3 aliphatic carbocycles. The smallest absolute Gasteiger partial charge is 0.410 e. The summed E-state index contributed by atoms with van der Waals surface area (Å²) < 4.78 is 39.4. The summed E-state index contributed by atoms with van der Waals surface area (Å²) in [6, 6.07) is 5.84. The first-order valence-electron chi connectivity index (χ1n) is 19.2. The van der Waals surface area contributed by atoms with Gasteiger partial charge in [0.25, 0.3) is 5.91 Å². The minimum atomic E-state index is -3.91. The van der Waals surface area contributed by atoms with Gasteiger partial charge in [-0.2, -0.15) is 0 Å². The lowest BCUT2D eigenvalue weighted by Crippen LogP contribution is -2.60. The lowest BCUT2D eigenvalue weighted by molar-refractivity contribution is -0.141. The number of amides is 5. The average molecular weight is 769 g/mol. The summed E-state index contributed by atoms with van der Waals surface area (Å²) in [7, 11) is -3.91. The van der Waals surface area contributed by atoms with E-state index in [1.54, 1.807) is 25.7 Å². The molecule has 4 fully saturated rings. The van der Waals surface area contributed by atoms with Crippen molar-refractivity contribution in [3.05, 3.63) is 47.5 Å². The van der Waals surface area contributed by atoms with Crippen molar-refractivity contribution < 1.29 is 41.9 Å². The zero-order chi connectivity index (χ0) is 38.4. The quantitative estimate of drug-likeness (QED) is 0.363. The van der Waals surface area contributed by atoms with Crippen molar-refractivity contribution >= 4 is 39.9 Å². The molecular weight excluding hydrogens is 717 g/mol. The van der Waals surface area contributed by atoms with Crippen molar-refractivity contribution in [3.8, 4) is 0 Å². The average Bonchev–Trinajstić information content (AvgIpc) is 3.99. The van der Waals surface area contributed by atoms with E-state index in [1.807, 2.05) is 36.4 Å². The van der Waals surface area contributed by atoms with Gasteiger partial charge in [-0.25, -0.2) is 18.0 Å². The number of alkyl carbamates (subject to hydrolysis) is 1. The first kappa shape index (κ1) is 38.1. The SMILES string of the molecule is CC(C)(C)OC(=O)N[C@H]1CN(C2CC2)CCC/C=C\[C@H]2C[C@@]2(C(=O)NS(=O)(=O)C2CC2)NC(=O)[C@@H]2C[C@@H](OC(=O)N3CCc4ccccc4C3)CN2C1=O. The monoisotopic (exact) mass is 768 g/mol. The Hall–Kier alpha value is -4.18. The number of carbonyl (C=O) groups is 5. The lowest BCUT2D eigenvalue weighted by Gasteiger charge is -2.33. The highest BCUT2D eigenvalue weighted by Crippen LogP contribution is 2.46. The molecule has 1 aromatic rings. The van der Waals surface area contributed by atoms with Crippen molar-refractivity contribution in [2.45, 2.75) is 126 Å². The number of rotatable bonds is 6. The number of hydrogen-bond donors (Lipinski definition) is 3. The van der Waals surface area contributed by atoms with E-state index in [-0.39, 0.29) is 32.0 Å². The van der Waals surface area contributed by atoms with Gasteiger partial charge < -0.3 is 29.9 Å². The molecule has 16 heteroatoms. The molecule has 3 N–H and O–H groups in total. The van der Waals surface area contributed by atoms with Gasteiger partial charge in [-0.15, -0.1) is 0 Å². The van der Waals surface area contributed by atoms with Gasteiger partial charge in [0, 0.05) is 38.0 Å². The Balaban J connectivity index is 1.17. The summed E-state index contributed by atoms with van der Waals surface area (Å²) in [5.74, 6) is -2.49. The fraction of sp³-hybridized carbons (Fsp3) is 0.658. The largest absolute Gasteiger partial charge is 0.444 e. The van der Waals surface area contributed by atoms with Gasteiger partial charge in [-0.05, 0) is 89.8 Å². The third-order valence-electron chi connectivity index (χ3n) is 11.1. The van der Waals surface area contributed by atoms with Gasteiger partial charge >= 0.3 is 12.2 Å². The third kappa shape index (κ3) is 8.69. The van der Waals surface area contributed by atoms with E-state index in [1.165, 1.54) is 4.90 Å². The predicted molar refractivity (Wildman–Crippen MR) is 196 cm³/mol. The van der Waals surface area contributed by atoms with Crippen LogP contribution in [0.5, 0.6) is 0 Å². The van der Waals surface area contributed by atoms with Gasteiger partial charge in [-0.3, -0.25) is 24.0 Å². The second-order valence-corrected chi connectivity index (χ2v) is 18.6. The van der Waals surface area contributed by atoms with E-state index in [0.29, 0.717) is 45.3 Å². The molecule has 294 valence electrons. The topological polar surface area (TPSA) is 184 Å². The molecule has 0 bridgehead atoms. The van der Waals surface area contributed by atoms with Crippen LogP contribution in [0.1, 0.15) is 83.3 Å². The van der Waals surface area contributed by atoms with Crippen molar-refractivity contribution in [1.82, 2.24) is 30.1 Å². The number of nitrogens with one attached hydrogen (secondary N) is 3. The molecule has 54 heavy (non-hydrogen) atoms. The molecule has 5 atom stereocenters. The van der Waals surface area contributed by atoms with Crippen LogP contribution in [0.3, 0.4) is 0 Å². The summed E-state index contributed by atoms with van der Waals surface area (Å²) >= 11 is 0. The van der Waals surface area contributed by atoms with Crippen molar-refractivity contribution in [1.29, 1.82) is 0 Å². The molecule has 1 aromatic carbocycles. The Kier molecular flexibility index (Phi) is 10.5. The molecule has 0 radical (unpaired) electrons. The molecule has 15 nitrogen and oxygen atoms in total. The fourth-order valence-corrected chi connectivity index (χ4v) is 9.18. The summed E-state index contributed by atoms with van der Waals surface area (Å²) in [4.78, 5) is 74.6. The highest BCUT2D eigenvalue weighted by molar-refractivity contribution is 7.91. The molecule has 0 aromatic heterocycles. The molecule has 3 aliphatic heterocycles. The normalized spacial score (nSPS) is 30.0. The first-order chi connectivity index (χ1) is 25.6. The van der Waals surface area contributed by atoms with Crippen LogP contribution in [0.2, 0.25) is 0 Å². The molecule has 0 spiro atoms. The Morgan fingerprint density at radius 3 is 2.44 bits per heavy atom. The second-order valence-electron chi connectivity index (χ2n) is 16.6. The molecule has 3 heterocycles. The van der Waals surface area contributed by atoms with E-state index in [2.05, 4.69) is 20.3 Å². The van der Waals surface area contributed by atoms with Crippen molar-refractivity contribution in [2.24, 2.45) is 5.92 Å². The number of carbonyl (C=O) groups excluding carboxylic acids is 5. The zero-order valence-electron chi connectivity index (χ0n) is 31.3. The molecule has 3 saturated carbocycles. The van der Waals surface area contributed by atoms with Gasteiger partial charge in [0.1, 0.15) is 29.3 Å². The van der Waals surface area contributed by atoms with Gasteiger partial charge in [0.2, 0.25) is 21.8 Å². The fourth-order valence-electron chi connectivity index (χ4n) is 7.82. The summed E-state index contributed by atoms with van der Waals surface area (Å²) in [6.07, 6.45) is 6.62. The minimum absolute atomic E-state index is 0.0577. The molecule has 7 rings (SSSR count). The molecule has 6 aliphatic rings. The number of ether oxygens (including phenoxy) is 2. The summed E-state index contributed by atoms with van der Waals surface area (Å²) in [5, 5.41) is 4.98. The number of allylic oxidation sites excluding steroid dienone is 1. The van der Waals surface area contributed by atoms with E-state index in [0.717, 1.165) is 30.4 Å². The van der Waals surface area contributed by atoms with Crippen molar-refractivity contribution in [2.75, 3.05) is 26.2 Å². The van der Waals surface area contributed by atoms with Crippen LogP contribution in [-0.4, -0.2) is 120 Å². The summed E-state index contributed by atoms with van der Waals surface area (Å²) in [5.41, 5.74) is -0.182. The maximum atomic E-state index is 14.7. The molecule has 1 saturated heterocycles. The van der Waals surface area contributed by atoms with Gasteiger partial charge in [0.15, 0.2) is 0 Å². The van der Waals surface area contributed by atoms with E-state index < -0.39 is 80.4 Å². The van der Waals surface area contributed by atoms with Crippen LogP contribution in [-0.2, 0) is 46.8 Å². The highest BCUT2D eigenvalue weighted by Gasteiger charge is 2.62. The third-order valence-corrected chi connectivity index (χ3v) is 12.9. The molecule has 5 amide bonds. The van der Waals surface area contributed by atoms with Crippen LogP contribution in [0.4, 0.5) is 9.59 Å². The van der Waals surface area contributed by atoms with Crippen LogP contribution >= 0.6 is 0 Å². The highest BCUT2D eigenvalue weighted by atomic mass is 32.2. The van der Waals surface area contributed by atoms with E-state index in [9.17, 15) is 32.4 Å². The van der Waals surface area contributed by atoms with Crippen LogP contribution in [0, 0.1) is 5.92 Å². The van der Waals surface area contributed by atoms with Crippen molar-refractivity contribution in [3.63, 3.8) is 0 Å². The van der Waals surface area contributed by atoms with E-state index in [4.69, 9.17) is 9.47 Å². The zero-order valence-corrected chi connectivity index (χ0v) is 32.1. The lowest BCUT2D eigenvalue weighted by atomic mass is 10.0. The standard InChI is InChI=1S/C38H52N6O9S/c1-37(2,3)53-35(48)39-30-23-42(27-12-13-27)17-8-4-5-11-26-20-38(26,34(47)41-54(50,51)29-14-15-29)40-32(45)31-19-28(22-44(31)33(30)46)52-36(49)43-18-16-24-9-6-7-10-25(24)21-43/h5-7,9-11,26-31H,4,8,12-23H2,1-3H3,(H,39,48)(H,40,45)(H,41,47)/b11-5-/t26-,28+,30-,31-,38+/m0/s1. The van der Waals surface area contributed by atoms with Crippen LogP contribution in [0.25, 0.3) is 0 Å². The molecular formula is C38H52N6O9S. The van der Waals surface area contributed by atoms with Gasteiger partial charge in [-0.1, -0.05) is 36.4 Å². The number of fused-ring (bicyclic) bond motifs is 3. The number of sulfonamides is 1. The van der Waals surface area contributed by atoms with E-state index >= 15 is 0 Å². The predicted octanol–water partition coefficient (Wildman–Crippen LogP) is 2.34. The minimum Gasteiger partial charge on any atom is -0.444 e.